The van der Waals surface area contributed by atoms with Gasteiger partial charge in [0, 0.05) is 18.1 Å². The highest BCUT2D eigenvalue weighted by molar-refractivity contribution is 7.09. The van der Waals surface area contributed by atoms with E-state index in [1.807, 2.05) is 12.3 Å². The molecule has 11 heavy (non-hydrogen) atoms. The summed E-state index contributed by atoms with van der Waals surface area (Å²) in [6, 6.07) is 0.252. The summed E-state index contributed by atoms with van der Waals surface area (Å²) in [4.78, 5) is 4.14. The van der Waals surface area contributed by atoms with E-state index in [2.05, 4.69) is 10.3 Å². The van der Waals surface area contributed by atoms with Gasteiger partial charge < -0.3 is 10.4 Å². The first-order chi connectivity index (χ1) is 5.34. The molecule has 0 aliphatic heterocycles. The van der Waals surface area contributed by atoms with E-state index in [0.29, 0.717) is 6.54 Å². The van der Waals surface area contributed by atoms with Crippen molar-refractivity contribution in [3.8, 4) is 0 Å². The highest BCUT2D eigenvalue weighted by atomic mass is 32.1. The molecule has 62 valence electrons. The molecule has 2 N–H and O–H groups in total. The molecule has 0 saturated carbocycles. The van der Waals surface area contributed by atoms with E-state index < -0.39 is 0 Å². The van der Waals surface area contributed by atoms with Gasteiger partial charge in [-0.05, 0) is 6.92 Å². The maximum atomic E-state index is 8.53. The summed E-state index contributed by atoms with van der Waals surface area (Å²) >= 11 is 1.63. The number of nitrogens with zero attached hydrogens (tertiary/aromatic N) is 1. The van der Waals surface area contributed by atoms with E-state index in [0.717, 1.165) is 5.01 Å². The van der Waals surface area contributed by atoms with E-state index in [-0.39, 0.29) is 12.6 Å². The van der Waals surface area contributed by atoms with Crippen molar-refractivity contribution in [2.24, 2.45) is 0 Å². The Hall–Kier alpha value is -0.450. The van der Waals surface area contributed by atoms with Crippen LogP contribution in [-0.2, 0) is 0 Å². The van der Waals surface area contributed by atoms with Gasteiger partial charge in [-0.1, -0.05) is 0 Å². The minimum atomic E-state index is 0.176. The molecule has 0 aliphatic rings. The third kappa shape index (κ3) is 2.57. The molecule has 0 aromatic carbocycles. The van der Waals surface area contributed by atoms with E-state index in [1.165, 1.54) is 0 Å². The lowest BCUT2D eigenvalue weighted by molar-refractivity contribution is 0.286. The van der Waals surface area contributed by atoms with Gasteiger partial charge in [-0.3, -0.25) is 0 Å². The Morgan fingerprint density at radius 1 is 1.82 bits per heavy atom. The van der Waals surface area contributed by atoms with Gasteiger partial charge >= 0.3 is 0 Å². The molecule has 1 aromatic rings. The third-order valence-electron chi connectivity index (χ3n) is 1.38. The van der Waals surface area contributed by atoms with Crippen LogP contribution in [0.25, 0.3) is 0 Å². The topological polar surface area (TPSA) is 45.1 Å². The highest BCUT2D eigenvalue weighted by Crippen LogP contribution is 2.13. The largest absolute Gasteiger partial charge is 0.395 e. The van der Waals surface area contributed by atoms with Crippen molar-refractivity contribution >= 4 is 11.3 Å². The summed E-state index contributed by atoms with van der Waals surface area (Å²) in [7, 11) is 0. The summed E-state index contributed by atoms with van der Waals surface area (Å²) in [5, 5.41) is 14.7. The second-order valence-electron chi connectivity index (χ2n) is 2.27. The number of aliphatic hydroxyl groups is 1. The van der Waals surface area contributed by atoms with Crippen LogP contribution >= 0.6 is 11.3 Å². The van der Waals surface area contributed by atoms with Crippen LogP contribution < -0.4 is 5.32 Å². The van der Waals surface area contributed by atoms with Crippen molar-refractivity contribution in [3.63, 3.8) is 0 Å². The molecule has 0 aliphatic carbocycles. The van der Waals surface area contributed by atoms with Crippen molar-refractivity contribution in [1.82, 2.24) is 10.3 Å². The van der Waals surface area contributed by atoms with Crippen LogP contribution in [0.5, 0.6) is 0 Å². The van der Waals surface area contributed by atoms with Gasteiger partial charge in [0.15, 0.2) is 0 Å². The van der Waals surface area contributed by atoms with Gasteiger partial charge in [0.05, 0.1) is 12.6 Å². The molecule has 1 atom stereocenters. The van der Waals surface area contributed by atoms with E-state index in [1.54, 1.807) is 17.5 Å². The average molecular weight is 172 g/mol. The van der Waals surface area contributed by atoms with E-state index in [4.69, 9.17) is 5.11 Å². The van der Waals surface area contributed by atoms with Gasteiger partial charge in [-0.25, -0.2) is 4.98 Å². The first-order valence-corrected chi connectivity index (χ1v) is 4.46. The number of nitrogens with one attached hydrogen (secondary N) is 1. The van der Waals surface area contributed by atoms with Crippen LogP contribution in [0, 0.1) is 0 Å². The van der Waals surface area contributed by atoms with Crippen LogP contribution in [0.15, 0.2) is 11.6 Å². The molecule has 4 heteroatoms. The number of aliphatic hydroxyl groups excluding tert-OH is 1. The number of aromatic nitrogens is 1. The summed E-state index contributed by atoms with van der Waals surface area (Å²) < 4.78 is 0. The van der Waals surface area contributed by atoms with E-state index in [9.17, 15) is 0 Å². The van der Waals surface area contributed by atoms with Crippen LogP contribution in [0.4, 0.5) is 0 Å². The number of rotatable bonds is 4. The minimum Gasteiger partial charge on any atom is -0.395 e. The number of hydrogen-bond acceptors (Lipinski definition) is 4. The zero-order chi connectivity index (χ0) is 8.10. The van der Waals surface area contributed by atoms with Crippen LogP contribution in [0.3, 0.4) is 0 Å². The summed E-state index contributed by atoms with van der Waals surface area (Å²) in [6.45, 7) is 2.84. The maximum absolute atomic E-state index is 8.53. The van der Waals surface area contributed by atoms with E-state index >= 15 is 0 Å². The van der Waals surface area contributed by atoms with Crippen molar-refractivity contribution in [3.05, 3.63) is 16.6 Å². The Labute approximate surface area is 70.1 Å². The van der Waals surface area contributed by atoms with Crippen LogP contribution in [-0.4, -0.2) is 23.2 Å². The lowest BCUT2D eigenvalue weighted by atomic mass is 10.3. The van der Waals surface area contributed by atoms with Gasteiger partial charge in [0.25, 0.3) is 0 Å². The molecule has 1 aromatic heterocycles. The Morgan fingerprint density at radius 2 is 2.64 bits per heavy atom. The fraction of sp³-hybridized carbons (Fsp3) is 0.571. The number of thiazole rings is 1. The fourth-order valence-electron chi connectivity index (χ4n) is 0.817. The zero-order valence-corrected chi connectivity index (χ0v) is 7.27. The predicted molar refractivity (Wildman–Crippen MR) is 45.6 cm³/mol. The molecule has 0 radical (unpaired) electrons. The summed E-state index contributed by atoms with van der Waals surface area (Å²) in [6.07, 6.45) is 1.79. The SMILES string of the molecule is C[C@@H](NCCO)c1nccs1. The molecular weight excluding hydrogens is 160 g/mol. The van der Waals surface area contributed by atoms with Crippen LogP contribution in [0.2, 0.25) is 0 Å². The molecule has 1 heterocycles. The maximum Gasteiger partial charge on any atom is 0.109 e. The van der Waals surface area contributed by atoms with Crippen molar-refractivity contribution < 1.29 is 5.11 Å². The number of hydrogen-bond donors (Lipinski definition) is 2. The van der Waals surface area contributed by atoms with Gasteiger partial charge in [-0.2, -0.15) is 0 Å². The molecule has 0 saturated heterocycles. The molecule has 0 spiro atoms. The quantitative estimate of drug-likeness (QED) is 0.705. The lowest BCUT2D eigenvalue weighted by Crippen LogP contribution is -2.21. The second kappa shape index (κ2) is 4.43. The Bertz CT molecular complexity index is 188. The minimum absolute atomic E-state index is 0.176. The fourth-order valence-corrected chi connectivity index (χ4v) is 1.49. The van der Waals surface area contributed by atoms with Gasteiger partial charge in [0.1, 0.15) is 5.01 Å². The molecular formula is C7H12N2OS. The van der Waals surface area contributed by atoms with Crippen molar-refractivity contribution in [1.29, 1.82) is 0 Å². The highest BCUT2D eigenvalue weighted by Gasteiger charge is 2.04. The lowest BCUT2D eigenvalue weighted by Gasteiger charge is -2.08. The Balaban J connectivity index is 2.36. The average Bonchev–Trinajstić information content (AvgIpc) is 2.52. The van der Waals surface area contributed by atoms with Crippen LogP contribution in [0.1, 0.15) is 18.0 Å². The standard InChI is InChI=1S/C7H12N2OS/c1-6(8-2-4-10)7-9-3-5-11-7/h3,5-6,8,10H,2,4H2,1H3/t6-/m1/s1. The third-order valence-corrected chi connectivity index (χ3v) is 2.34. The molecule has 0 unspecified atom stereocenters. The first kappa shape index (κ1) is 8.64. The Morgan fingerprint density at radius 3 is 3.18 bits per heavy atom. The normalized spacial score (nSPS) is 13.3. The second-order valence-corrected chi connectivity index (χ2v) is 3.20. The molecule has 0 fully saturated rings. The first-order valence-electron chi connectivity index (χ1n) is 3.58. The summed E-state index contributed by atoms with van der Waals surface area (Å²) in [5.41, 5.74) is 0. The van der Waals surface area contributed by atoms with Gasteiger partial charge in [-0.15, -0.1) is 11.3 Å². The molecule has 1 rings (SSSR count). The monoisotopic (exact) mass is 172 g/mol. The zero-order valence-electron chi connectivity index (χ0n) is 6.45. The summed E-state index contributed by atoms with van der Waals surface area (Å²) in [5.74, 6) is 0. The smallest absolute Gasteiger partial charge is 0.109 e. The molecule has 0 bridgehead atoms. The Kier molecular flexibility index (Phi) is 3.48. The molecule has 0 amide bonds. The molecule has 3 nitrogen and oxygen atoms in total. The van der Waals surface area contributed by atoms with Gasteiger partial charge in [0.2, 0.25) is 0 Å². The predicted octanol–water partition coefficient (Wildman–Crippen LogP) is 0.786. The van der Waals surface area contributed by atoms with Crippen molar-refractivity contribution in [2.75, 3.05) is 13.2 Å². The van der Waals surface area contributed by atoms with Crippen molar-refractivity contribution in [2.45, 2.75) is 13.0 Å².